The maximum atomic E-state index is 11.9. The highest BCUT2D eigenvalue weighted by Crippen LogP contribution is 2.29. The van der Waals surface area contributed by atoms with Crippen LogP contribution in [-0.2, 0) is 9.59 Å². The quantitative estimate of drug-likeness (QED) is 0.553. The van der Waals surface area contributed by atoms with Gasteiger partial charge in [0.2, 0.25) is 5.91 Å². The molecule has 0 spiro atoms. The molecule has 8 heteroatoms. The number of hydrogen-bond donors (Lipinski definition) is 3. The second-order valence-corrected chi connectivity index (χ2v) is 7.63. The molecule has 2 amide bonds. The van der Waals surface area contributed by atoms with E-state index < -0.39 is 0 Å². The predicted molar refractivity (Wildman–Crippen MR) is 101 cm³/mol. The third kappa shape index (κ3) is 3.27. The molecule has 0 atom stereocenters. The Morgan fingerprint density at radius 3 is 2.59 bits per heavy atom. The van der Waals surface area contributed by atoms with E-state index in [2.05, 4.69) is 21.0 Å². The highest BCUT2D eigenvalue weighted by molar-refractivity contribution is 6.15. The molecule has 0 bridgehead atoms. The van der Waals surface area contributed by atoms with Gasteiger partial charge < -0.3 is 10.6 Å². The monoisotopic (exact) mass is 366 g/mol. The minimum atomic E-state index is -0.337. The number of anilines is 2. The molecule has 0 aromatic carbocycles. The standard InChI is InChI=1S/C19H22N6O2/c26-17-8-11(19(27)24-17)7-12-10-20-25-16(22-14-5-6-14)9-15(23-18(12)25)21-13-3-1-2-4-13/h7,9-10,13-14,22H,1-6,8H2,(H,21,23)(H,24,26,27)/b11-7+. The molecule has 0 unspecified atom stereocenters. The summed E-state index contributed by atoms with van der Waals surface area (Å²) < 4.78 is 1.78. The van der Waals surface area contributed by atoms with E-state index in [1.165, 1.54) is 12.8 Å². The Kier molecular flexibility index (Phi) is 3.84. The van der Waals surface area contributed by atoms with Gasteiger partial charge in [-0.3, -0.25) is 14.9 Å². The Hall–Kier alpha value is -2.90. The summed E-state index contributed by atoms with van der Waals surface area (Å²) in [5, 5.41) is 13.8. The lowest BCUT2D eigenvalue weighted by Crippen LogP contribution is -2.19. The van der Waals surface area contributed by atoms with Gasteiger partial charge in [-0.2, -0.15) is 9.61 Å². The van der Waals surface area contributed by atoms with Gasteiger partial charge in [0.1, 0.15) is 11.6 Å². The van der Waals surface area contributed by atoms with Gasteiger partial charge >= 0.3 is 0 Å². The summed E-state index contributed by atoms with van der Waals surface area (Å²) in [5.41, 5.74) is 1.87. The van der Waals surface area contributed by atoms with E-state index in [4.69, 9.17) is 4.98 Å². The minimum Gasteiger partial charge on any atom is -0.367 e. The third-order valence-corrected chi connectivity index (χ3v) is 5.36. The first kappa shape index (κ1) is 16.3. The lowest BCUT2D eigenvalue weighted by molar-refractivity contribution is -0.124. The molecule has 3 aliphatic rings. The molecule has 3 fully saturated rings. The number of nitrogens with one attached hydrogen (secondary N) is 3. The van der Waals surface area contributed by atoms with Gasteiger partial charge in [-0.1, -0.05) is 12.8 Å². The molecule has 0 radical (unpaired) electrons. The van der Waals surface area contributed by atoms with E-state index in [1.807, 2.05) is 6.07 Å². The molecule has 8 nitrogen and oxygen atoms in total. The molecule has 2 aromatic heterocycles. The number of fused-ring (bicyclic) bond motifs is 1. The van der Waals surface area contributed by atoms with Crippen LogP contribution in [0.3, 0.4) is 0 Å². The molecule has 3 N–H and O–H groups in total. The van der Waals surface area contributed by atoms with Crippen LogP contribution in [0.25, 0.3) is 11.7 Å². The van der Waals surface area contributed by atoms with Crippen LogP contribution in [0.1, 0.15) is 50.5 Å². The van der Waals surface area contributed by atoms with Crippen LogP contribution in [0.5, 0.6) is 0 Å². The lowest BCUT2D eigenvalue weighted by Gasteiger charge is -2.15. The molecule has 2 aliphatic carbocycles. The maximum absolute atomic E-state index is 11.9. The van der Waals surface area contributed by atoms with Gasteiger partial charge in [0.05, 0.1) is 12.6 Å². The molecule has 1 saturated heterocycles. The van der Waals surface area contributed by atoms with E-state index in [0.29, 0.717) is 23.3 Å². The molecule has 1 aliphatic heterocycles. The van der Waals surface area contributed by atoms with Crippen LogP contribution in [0.15, 0.2) is 17.8 Å². The molecule has 3 heterocycles. The fourth-order valence-corrected chi connectivity index (χ4v) is 3.78. The molecular formula is C19H22N6O2. The van der Waals surface area contributed by atoms with Crippen LogP contribution in [0.4, 0.5) is 11.6 Å². The summed E-state index contributed by atoms with van der Waals surface area (Å²) in [6, 6.07) is 2.95. The van der Waals surface area contributed by atoms with Gasteiger partial charge in [-0.25, -0.2) is 4.98 Å². The van der Waals surface area contributed by atoms with Crippen molar-refractivity contribution in [3.05, 3.63) is 23.4 Å². The van der Waals surface area contributed by atoms with Gasteiger partial charge in [0.25, 0.3) is 5.91 Å². The average molecular weight is 366 g/mol. The molecule has 140 valence electrons. The van der Waals surface area contributed by atoms with Gasteiger partial charge in [-0.15, -0.1) is 0 Å². The predicted octanol–water partition coefficient (Wildman–Crippen LogP) is 2.09. The van der Waals surface area contributed by atoms with E-state index in [9.17, 15) is 9.59 Å². The number of carbonyl (C=O) groups excluding carboxylic acids is 2. The van der Waals surface area contributed by atoms with Crippen LogP contribution >= 0.6 is 0 Å². The first-order valence-corrected chi connectivity index (χ1v) is 9.62. The number of rotatable bonds is 5. The van der Waals surface area contributed by atoms with Crippen molar-refractivity contribution in [3.8, 4) is 0 Å². The summed E-state index contributed by atoms with van der Waals surface area (Å²) in [6.07, 6.45) is 10.7. The van der Waals surface area contributed by atoms with Crippen molar-refractivity contribution in [1.29, 1.82) is 0 Å². The van der Waals surface area contributed by atoms with E-state index in [-0.39, 0.29) is 18.2 Å². The van der Waals surface area contributed by atoms with E-state index in [0.717, 1.165) is 42.9 Å². The zero-order valence-electron chi connectivity index (χ0n) is 15.0. The van der Waals surface area contributed by atoms with E-state index in [1.54, 1.807) is 16.8 Å². The van der Waals surface area contributed by atoms with Crippen molar-refractivity contribution in [3.63, 3.8) is 0 Å². The number of hydrogen-bond acceptors (Lipinski definition) is 6. The van der Waals surface area contributed by atoms with Crippen molar-refractivity contribution >= 4 is 35.2 Å². The largest absolute Gasteiger partial charge is 0.367 e. The lowest BCUT2D eigenvalue weighted by atomic mass is 10.1. The summed E-state index contributed by atoms with van der Waals surface area (Å²) >= 11 is 0. The summed E-state index contributed by atoms with van der Waals surface area (Å²) in [5.74, 6) is 1.12. The fraction of sp³-hybridized carbons (Fsp3) is 0.474. The molecule has 27 heavy (non-hydrogen) atoms. The van der Waals surface area contributed by atoms with Crippen molar-refractivity contribution in [1.82, 2.24) is 19.9 Å². The van der Waals surface area contributed by atoms with Crippen molar-refractivity contribution in [2.75, 3.05) is 10.6 Å². The van der Waals surface area contributed by atoms with Gasteiger partial charge in [0.15, 0.2) is 5.65 Å². The Balaban J connectivity index is 1.54. The molecule has 2 saturated carbocycles. The topological polar surface area (TPSA) is 100 Å². The normalized spacial score (nSPS) is 22.0. The molecule has 2 aromatic rings. The van der Waals surface area contributed by atoms with Gasteiger partial charge in [0, 0.05) is 29.3 Å². The van der Waals surface area contributed by atoms with Crippen LogP contribution in [-0.4, -0.2) is 38.5 Å². The average Bonchev–Trinajstić information content (AvgIpc) is 3.01. The highest BCUT2D eigenvalue weighted by Gasteiger charge is 2.26. The number of aromatic nitrogens is 3. The third-order valence-electron chi connectivity index (χ3n) is 5.36. The summed E-state index contributed by atoms with van der Waals surface area (Å²) in [4.78, 5) is 28.1. The first-order chi connectivity index (χ1) is 13.2. The van der Waals surface area contributed by atoms with Crippen molar-refractivity contribution in [2.24, 2.45) is 0 Å². The maximum Gasteiger partial charge on any atom is 0.254 e. The van der Waals surface area contributed by atoms with Gasteiger partial charge in [-0.05, 0) is 31.8 Å². The summed E-state index contributed by atoms with van der Waals surface area (Å²) in [6.45, 7) is 0. The first-order valence-electron chi connectivity index (χ1n) is 9.62. The van der Waals surface area contributed by atoms with Crippen LogP contribution in [0.2, 0.25) is 0 Å². The SMILES string of the molecule is O=C1C/C(=C\c2cnn3c(NC4CC4)cc(NC4CCCC4)nc23)C(=O)N1. The Morgan fingerprint density at radius 1 is 1.11 bits per heavy atom. The van der Waals surface area contributed by atoms with Crippen LogP contribution < -0.4 is 16.0 Å². The van der Waals surface area contributed by atoms with Crippen molar-refractivity contribution < 1.29 is 9.59 Å². The van der Waals surface area contributed by atoms with E-state index >= 15 is 0 Å². The minimum absolute atomic E-state index is 0.101. The highest BCUT2D eigenvalue weighted by atomic mass is 16.2. The zero-order chi connectivity index (χ0) is 18.4. The number of imide groups is 1. The zero-order valence-corrected chi connectivity index (χ0v) is 15.0. The number of amides is 2. The Bertz CT molecular complexity index is 953. The smallest absolute Gasteiger partial charge is 0.254 e. The summed E-state index contributed by atoms with van der Waals surface area (Å²) in [7, 11) is 0. The number of nitrogens with zero attached hydrogens (tertiary/aromatic N) is 3. The van der Waals surface area contributed by atoms with Crippen molar-refractivity contribution in [2.45, 2.75) is 57.0 Å². The number of carbonyl (C=O) groups is 2. The Labute approximate surface area is 156 Å². The molecular weight excluding hydrogens is 344 g/mol. The Morgan fingerprint density at radius 2 is 1.89 bits per heavy atom. The fourth-order valence-electron chi connectivity index (χ4n) is 3.78. The second kappa shape index (κ2) is 6.37. The van der Waals surface area contributed by atoms with Crippen LogP contribution in [0, 0.1) is 0 Å². The second-order valence-electron chi connectivity index (χ2n) is 7.63. The molecule has 5 rings (SSSR count).